The molecular weight excluding hydrogens is 249 g/mol. The second kappa shape index (κ2) is 4.95. The third kappa shape index (κ3) is 3.76. The fourth-order valence-electron chi connectivity index (χ4n) is 1.92. The molecule has 106 valence electrons. The van der Waals surface area contributed by atoms with Crippen LogP contribution in [0.2, 0.25) is 0 Å². The molecule has 18 heavy (non-hydrogen) atoms. The monoisotopic (exact) mass is 268 g/mol. The maximum Gasteiger partial charge on any atom is 0.410 e. The fourth-order valence-corrected chi connectivity index (χ4v) is 1.92. The van der Waals surface area contributed by atoms with Crippen molar-refractivity contribution in [3.05, 3.63) is 0 Å². The van der Waals surface area contributed by atoms with E-state index in [1.165, 1.54) is 0 Å². The Hall–Kier alpha value is -0.980. The van der Waals surface area contributed by atoms with Crippen molar-refractivity contribution in [2.75, 3.05) is 13.1 Å². The molecule has 0 radical (unpaired) electrons. The molecule has 2 atom stereocenters. The zero-order valence-corrected chi connectivity index (χ0v) is 10.8. The fraction of sp³-hybridized carbons (Fsp3) is 0.909. The Labute approximate surface area is 104 Å². The smallest absolute Gasteiger partial charge is 0.410 e. The van der Waals surface area contributed by atoms with Crippen molar-refractivity contribution in [3.8, 4) is 0 Å². The van der Waals surface area contributed by atoms with Gasteiger partial charge in [-0.1, -0.05) is 0 Å². The average molecular weight is 268 g/mol. The maximum absolute atomic E-state index is 12.6. The number of hydrogen-bond donors (Lipinski definition) is 1. The van der Waals surface area contributed by atoms with Crippen molar-refractivity contribution in [2.24, 2.45) is 11.7 Å². The van der Waals surface area contributed by atoms with E-state index >= 15 is 0 Å². The molecular formula is C11H19F3N2O2. The lowest BCUT2D eigenvalue weighted by Crippen LogP contribution is -2.43. The van der Waals surface area contributed by atoms with Crippen LogP contribution in [-0.4, -0.2) is 41.9 Å². The number of rotatable bonds is 1. The van der Waals surface area contributed by atoms with E-state index in [9.17, 15) is 18.0 Å². The van der Waals surface area contributed by atoms with E-state index in [0.717, 1.165) is 4.90 Å². The van der Waals surface area contributed by atoms with Gasteiger partial charge in [-0.05, 0) is 27.2 Å². The Morgan fingerprint density at radius 3 is 2.33 bits per heavy atom. The molecule has 1 aliphatic heterocycles. The van der Waals surface area contributed by atoms with Gasteiger partial charge in [0.15, 0.2) is 0 Å². The molecule has 0 aromatic rings. The normalized spacial score (nSPS) is 25.4. The number of carbonyl (C=O) groups excluding carboxylic acids is 1. The summed E-state index contributed by atoms with van der Waals surface area (Å²) < 4.78 is 43.0. The van der Waals surface area contributed by atoms with Gasteiger partial charge >= 0.3 is 12.3 Å². The number of amides is 1. The minimum absolute atomic E-state index is 0.00578. The number of carbonyl (C=O) groups is 1. The van der Waals surface area contributed by atoms with E-state index in [1.807, 2.05) is 0 Å². The second-order valence-corrected chi connectivity index (χ2v) is 5.50. The highest BCUT2D eigenvalue weighted by Crippen LogP contribution is 2.36. The number of likely N-dealkylation sites (tertiary alicyclic amines) is 1. The van der Waals surface area contributed by atoms with Crippen molar-refractivity contribution in [2.45, 2.75) is 45.0 Å². The number of nitrogens with zero attached hydrogens (tertiary/aromatic N) is 1. The lowest BCUT2D eigenvalue weighted by molar-refractivity contribution is -0.170. The molecule has 2 N–H and O–H groups in total. The van der Waals surface area contributed by atoms with Crippen molar-refractivity contribution in [3.63, 3.8) is 0 Å². The van der Waals surface area contributed by atoms with Crippen LogP contribution in [0.1, 0.15) is 27.2 Å². The maximum atomic E-state index is 12.6. The molecule has 4 nitrogen and oxygen atoms in total. The summed E-state index contributed by atoms with van der Waals surface area (Å²) in [6.45, 7) is 4.63. The number of ether oxygens (including phenoxy) is 1. The summed E-state index contributed by atoms with van der Waals surface area (Å²) >= 11 is 0. The zero-order valence-electron chi connectivity index (χ0n) is 10.8. The molecule has 0 unspecified atom stereocenters. The number of halogens is 3. The summed E-state index contributed by atoms with van der Waals surface area (Å²) in [5, 5.41) is 0. The van der Waals surface area contributed by atoms with E-state index < -0.39 is 29.8 Å². The minimum Gasteiger partial charge on any atom is -0.444 e. The zero-order chi connectivity index (χ0) is 14.1. The van der Waals surface area contributed by atoms with Crippen molar-refractivity contribution in [1.82, 2.24) is 4.90 Å². The van der Waals surface area contributed by atoms with Crippen molar-refractivity contribution in [1.29, 1.82) is 0 Å². The van der Waals surface area contributed by atoms with Crippen LogP contribution in [0.5, 0.6) is 0 Å². The van der Waals surface area contributed by atoms with Crippen LogP contribution in [0.3, 0.4) is 0 Å². The van der Waals surface area contributed by atoms with E-state index in [2.05, 4.69) is 0 Å². The van der Waals surface area contributed by atoms with Crippen LogP contribution in [-0.2, 0) is 4.74 Å². The van der Waals surface area contributed by atoms with Crippen molar-refractivity contribution < 1.29 is 22.7 Å². The summed E-state index contributed by atoms with van der Waals surface area (Å²) in [4.78, 5) is 12.9. The summed E-state index contributed by atoms with van der Waals surface area (Å²) in [6.07, 6.45) is -5.19. The van der Waals surface area contributed by atoms with Crippen LogP contribution in [0.4, 0.5) is 18.0 Å². The summed E-state index contributed by atoms with van der Waals surface area (Å²) in [5.41, 5.74) is 4.68. The Bertz CT molecular complexity index is 312. The highest BCUT2D eigenvalue weighted by atomic mass is 19.4. The molecule has 1 rings (SSSR count). The lowest BCUT2D eigenvalue weighted by atomic mass is 10.1. The van der Waals surface area contributed by atoms with E-state index in [0.29, 0.717) is 0 Å². The van der Waals surface area contributed by atoms with Gasteiger partial charge in [0.1, 0.15) is 5.60 Å². The molecule has 1 saturated heterocycles. The molecule has 0 spiro atoms. The van der Waals surface area contributed by atoms with Gasteiger partial charge in [-0.25, -0.2) is 4.79 Å². The lowest BCUT2D eigenvalue weighted by Gasteiger charge is -2.28. The third-order valence-corrected chi connectivity index (χ3v) is 2.78. The standard InChI is InChI=1S/C11H19F3N2O2/c1-10(2,3)18-9(17)16-6-7(11(12,13)14)4-8(16)5-15/h7-8H,4-6,15H2,1-3H3/t7-,8+/m0/s1. The molecule has 0 aromatic carbocycles. The highest BCUT2D eigenvalue weighted by molar-refractivity contribution is 5.69. The van der Waals surface area contributed by atoms with Crippen molar-refractivity contribution >= 4 is 6.09 Å². The van der Waals surface area contributed by atoms with Crippen LogP contribution in [0.15, 0.2) is 0 Å². The molecule has 1 amide bonds. The van der Waals surface area contributed by atoms with Gasteiger partial charge in [-0.2, -0.15) is 13.2 Å². The SMILES string of the molecule is CC(C)(C)OC(=O)N1C[C@@H](C(F)(F)F)C[C@@H]1CN. The predicted molar refractivity (Wildman–Crippen MR) is 59.9 cm³/mol. The molecule has 0 saturated carbocycles. The largest absolute Gasteiger partial charge is 0.444 e. The van der Waals surface area contributed by atoms with Gasteiger partial charge in [-0.15, -0.1) is 0 Å². The van der Waals surface area contributed by atoms with Crippen LogP contribution >= 0.6 is 0 Å². The molecule has 0 bridgehead atoms. The van der Waals surface area contributed by atoms with Crippen LogP contribution in [0, 0.1) is 5.92 Å². The Kier molecular flexibility index (Phi) is 4.15. The number of hydrogen-bond acceptors (Lipinski definition) is 3. The highest BCUT2D eigenvalue weighted by Gasteiger charge is 2.49. The molecule has 0 aliphatic carbocycles. The molecule has 1 aliphatic rings. The first-order valence-corrected chi connectivity index (χ1v) is 5.81. The van der Waals surface area contributed by atoms with Crippen LogP contribution in [0.25, 0.3) is 0 Å². The minimum atomic E-state index is -4.30. The number of nitrogens with two attached hydrogens (primary N) is 1. The summed E-state index contributed by atoms with van der Waals surface area (Å²) in [5.74, 6) is -1.52. The Balaban J connectivity index is 2.73. The van der Waals surface area contributed by atoms with Gasteiger partial charge in [0, 0.05) is 19.1 Å². The van der Waals surface area contributed by atoms with Gasteiger partial charge < -0.3 is 15.4 Å². The second-order valence-electron chi connectivity index (χ2n) is 5.50. The van der Waals surface area contributed by atoms with E-state index in [4.69, 9.17) is 10.5 Å². The Morgan fingerprint density at radius 1 is 1.39 bits per heavy atom. The predicted octanol–water partition coefficient (Wildman–Crippen LogP) is 2.13. The van der Waals surface area contributed by atoms with E-state index in [-0.39, 0.29) is 19.5 Å². The van der Waals surface area contributed by atoms with E-state index in [1.54, 1.807) is 20.8 Å². The molecule has 1 fully saturated rings. The number of alkyl halides is 3. The van der Waals surface area contributed by atoms with Gasteiger partial charge in [0.25, 0.3) is 0 Å². The summed E-state index contributed by atoms with van der Waals surface area (Å²) in [7, 11) is 0. The van der Waals surface area contributed by atoms with Gasteiger partial charge in [0.2, 0.25) is 0 Å². The Morgan fingerprint density at radius 2 is 1.94 bits per heavy atom. The summed E-state index contributed by atoms with van der Waals surface area (Å²) in [6, 6.07) is -0.605. The van der Waals surface area contributed by atoms with Gasteiger partial charge in [-0.3, -0.25) is 0 Å². The van der Waals surface area contributed by atoms with Gasteiger partial charge in [0.05, 0.1) is 5.92 Å². The topological polar surface area (TPSA) is 55.6 Å². The molecule has 0 aromatic heterocycles. The molecule has 7 heteroatoms. The molecule has 1 heterocycles. The van der Waals surface area contributed by atoms with Crippen LogP contribution < -0.4 is 5.73 Å². The quantitative estimate of drug-likeness (QED) is 0.792. The first-order chi connectivity index (χ1) is 8.04. The average Bonchev–Trinajstić information content (AvgIpc) is 2.57. The first-order valence-electron chi connectivity index (χ1n) is 5.81. The first kappa shape index (κ1) is 15.1. The third-order valence-electron chi connectivity index (χ3n) is 2.78.